The zero-order chi connectivity index (χ0) is 9.19. The first kappa shape index (κ1) is 10.2. The molecule has 0 aromatic carbocycles. The predicted octanol–water partition coefficient (Wildman–Crippen LogP) is 1.72. The number of hydrogen-bond donors (Lipinski definition) is 2. The molecule has 0 saturated heterocycles. The van der Waals surface area contributed by atoms with Gasteiger partial charge in [0.1, 0.15) is 0 Å². The summed E-state index contributed by atoms with van der Waals surface area (Å²) in [6.07, 6.45) is 0. The van der Waals surface area contributed by atoms with Gasteiger partial charge in [-0.3, -0.25) is 0 Å². The third kappa shape index (κ3) is 1.88. The summed E-state index contributed by atoms with van der Waals surface area (Å²) in [6.45, 7) is 2.53. The zero-order valence-electron chi connectivity index (χ0n) is 6.88. The van der Waals surface area contributed by atoms with Gasteiger partial charge >= 0.3 is 0 Å². The molecule has 0 aliphatic heterocycles. The van der Waals surface area contributed by atoms with Crippen LogP contribution in [0.3, 0.4) is 0 Å². The van der Waals surface area contributed by atoms with Crippen LogP contribution < -0.4 is 5.73 Å². The van der Waals surface area contributed by atoms with Crippen LogP contribution in [0.5, 0.6) is 0 Å². The van der Waals surface area contributed by atoms with Crippen LogP contribution in [0.4, 0.5) is 0 Å². The van der Waals surface area contributed by atoms with Crippen LogP contribution in [0.25, 0.3) is 0 Å². The zero-order valence-corrected chi connectivity index (χ0v) is 9.28. The first-order valence-electron chi connectivity index (χ1n) is 3.68. The van der Waals surface area contributed by atoms with E-state index < -0.39 is 0 Å². The molecule has 0 saturated carbocycles. The molecule has 0 amide bonds. The maximum atomic E-state index is 9.16. The van der Waals surface area contributed by atoms with Crippen molar-refractivity contribution in [2.45, 2.75) is 12.3 Å². The molecular formula is C8H12BrNOS. The molecule has 68 valence electrons. The Morgan fingerprint density at radius 1 is 1.75 bits per heavy atom. The third-order valence-electron chi connectivity index (χ3n) is 1.96. The molecule has 12 heavy (non-hydrogen) atoms. The second-order valence-corrected chi connectivity index (χ2v) is 4.88. The fraction of sp³-hybridized carbons (Fsp3) is 0.500. The molecule has 0 bridgehead atoms. The third-order valence-corrected chi connectivity index (χ3v) is 3.96. The van der Waals surface area contributed by atoms with Gasteiger partial charge in [-0.2, -0.15) is 0 Å². The molecule has 1 heterocycles. The summed E-state index contributed by atoms with van der Waals surface area (Å²) in [5.41, 5.74) is 5.31. The maximum Gasteiger partial charge on any atom is 0.0545 e. The Balaban J connectivity index is 2.94. The van der Waals surface area contributed by atoms with Gasteiger partial charge in [-0.15, -0.1) is 11.3 Å². The second kappa shape index (κ2) is 3.87. The highest BCUT2D eigenvalue weighted by molar-refractivity contribution is 9.10. The summed E-state index contributed by atoms with van der Waals surface area (Å²) in [5, 5.41) is 11.2. The van der Waals surface area contributed by atoms with E-state index in [1.807, 2.05) is 18.4 Å². The number of nitrogens with two attached hydrogens (primary N) is 1. The van der Waals surface area contributed by atoms with Crippen molar-refractivity contribution in [1.29, 1.82) is 0 Å². The van der Waals surface area contributed by atoms with Crippen molar-refractivity contribution >= 4 is 27.3 Å². The van der Waals surface area contributed by atoms with E-state index >= 15 is 0 Å². The molecule has 1 rings (SSSR count). The Hall–Kier alpha value is 0.1000. The Bertz CT molecular complexity index is 257. The molecule has 1 unspecified atom stereocenters. The molecule has 0 aliphatic carbocycles. The normalized spacial score (nSPS) is 16.0. The van der Waals surface area contributed by atoms with Crippen LogP contribution in [0.15, 0.2) is 15.9 Å². The Kier molecular flexibility index (Phi) is 3.29. The van der Waals surface area contributed by atoms with Crippen LogP contribution in [-0.2, 0) is 5.41 Å². The van der Waals surface area contributed by atoms with E-state index in [9.17, 15) is 0 Å². The van der Waals surface area contributed by atoms with Gasteiger partial charge in [0.15, 0.2) is 0 Å². The van der Waals surface area contributed by atoms with E-state index in [0.717, 1.165) is 9.35 Å². The fourth-order valence-electron chi connectivity index (χ4n) is 0.873. The van der Waals surface area contributed by atoms with E-state index in [1.165, 1.54) is 0 Å². The topological polar surface area (TPSA) is 46.2 Å². The van der Waals surface area contributed by atoms with E-state index in [4.69, 9.17) is 10.8 Å². The number of rotatable bonds is 3. The number of aliphatic hydroxyl groups excluding tert-OH is 1. The highest BCUT2D eigenvalue weighted by Crippen LogP contribution is 2.30. The van der Waals surface area contributed by atoms with Crippen molar-refractivity contribution in [3.63, 3.8) is 0 Å². The number of hydrogen-bond acceptors (Lipinski definition) is 3. The van der Waals surface area contributed by atoms with Crippen molar-refractivity contribution in [3.05, 3.63) is 20.8 Å². The quantitative estimate of drug-likeness (QED) is 0.858. The van der Waals surface area contributed by atoms with E-state index in [1.54, 1.807) is 11.3 Å². The van der Waals surface area contributed by atoms with Crippen LogP contribution in [0.1, 0.15) is 11.8 Å². The van der Waals surface area contributed by atoms with E-state index in [2.05, 4.69) is 15.9 Å². The molecule has 1 atom stereocenters. The molecule has 3 N–H and O–H groups in total. The lowest BCUT2D eigenvalue weighted by Gasteiger charge is -2.23. The molecule has 0 spiro atoms. The number of halogens is 1. The molecule has 0 radical (unpaired) electrons. The second-order valence-electron chi connectivity index (χ2n) is 3.05. The van der Waals surface area contributed by atoms with Gasteiger partial charge in [-0.1, -0.05) is 6.92 Å². The van der Waals surface area contributed by atoms with Crippen LogP contribution in [0, 0.1) is 0 Å². The first-order valence-corrected chi connectivity index (χ1v) is 5.35. The summed E-state index contributed by atoms with van der Waals surface area (Å²) in [6, 6.07) is 2.01. The predicted molar refractivity (Wildman–Crippen MR) is 55.5 cm³/mol. The molecular weight excluding hydrogens is 238 g/mol. The van der Waals surface area contributed by atoms with Crippen molar-refractivity contribution < 1.29 is 5.11 Å². The van der Waals surface area contributed by atoms with Gasteiger partial charge in [0.25, 0.3) is 0 Å². The monoisotopic (exact) mass is 249 g/mol. The molecule has 1 aromatic heterocycles. The maximum absolute atomic E-state index is 9.16. The lowest BCUT2D eigenvalue weighted by atomic mass is 9.90. The average Bonchev–Trinajstić information content (AvgIpc) is 2.51. The summed E-state index contributed by atoms with van der Waals surface area (Å²) in [7, 11) is 0. The average molecular weight is 250 g/mol. The highest BCUT2D eigenvalue weighted by Gasteiger charge is 2.25. The Labute approximate surface area is 84.5 Å². The van der Waals surface area contributed by atoms with Gasteiger partial charge < -0.3 is 10.8 Å². The summed E-state index contributed by atoms with van der Waals surface area (Å²) < 4.78 is 1.05. The van der Waals surface area contributed by atoms with Crippen molar-refractivity contribution in [1.82, 2.24) is 0 Å². The molecule has 1 aromatic rings. The van der Waals surface area contributed by atoms with Gasteiger partial charge in [0.2, 0.25) is 0 Å². The van der Waals surface area contributed by atoms with Crippen LogP contribution in [-0.4, -0.2) is 18.3 Å². The molecule has 2 nitrogen and oxygen atoms in total. The van der Waals surface area contributed by atoms with Crippen LogP contribution in [0.2, 0.25) is 0 Å². The smallest absolute Gasteiger partial charge is 0.0545 e. The van der Waals surface area contributed by atoms with Gasteiger partial charge in [-0.05, 0) is 22.0 Å². The van der Waals surface area contributed by atoms with Crippen molar-refractivity contribution in [3.8, 4) is 0 Å². The first-order chi connectivity index (χ1) is 5.62. The van der Waals surface area contributed by atoms with Gasteiger partial charge in [0.05, 0.1) is 6.61 Å². The number of aliphatic hydroxyl groups is 1. The molecule has 0 aliphatic rings. The van der Waals surface area contributed by atoms with Gasteiger partial charge in [0, 0.05) is 26.7 Å². The Morgan fingerprint density at radius 2 is 2.42 bits per heavy atom. The summed E-state index contributed by atoms with van der Waals surface area (Å²) >= 11 is 4.99. The van der Waals surface area contributed by atoms with Crippen LogP contribution >= 0.6 is 27.3 Å². The minimum Gasteiger partial charge on any atom is -0.395 e. The number of thiophene rings is 1. The molecule has 0 fully saturated rings. The highest BCUT2D eigenvalue weighted by atomic mass is 79.9. The Morgan fingerprint density at radius 3 is 2.75 bits per heavy atom. The largest absolute Gasteiger partial charge is 0.395 e. The minimum absolute atomic E-state index is 0.0937. The van der Waals surface area contributed by atoms with E-state index in [-0.39, 0.29) is 12.0 Å². The van der Waals surface area contributed by atoms with Crippen molar-refractivity contribution in [2.75, 3.05) is 13.2 Å². The summed E-state index contributed by atoms with van der Waals surface area (Å²) in [4.78, 5) is 1.12. The minimum atomic E-state index is -0.281. The lowest BCUT2D eigenvalue weighted by molar-refractivity contribution is 0.213. The van der Waals surface area contributed by atoms with Crippen molar-refractivity contribution in [2.24, 2.45) is 5.73 Å². The summed E-state index contributed by atoms with van der Waals surface area (Å²) in [5.74, 6) is 0. The SMILES string of the molecule is CC(CN)(CO)c1cc(Br)cs1. The molecule has 4 heteroatoms. The van der Waals surface area contributed by atoms with E-state index in [0.29, 0.717) is 6.54 Å². The standard InChI is InChI=1S/C8H12BrNOS/c1-8(4-10,5-11)7-2-6(9)3-12-7/h2-3,11H,4-5,10H2,1H3. The fourth-order valence-corrected chi connectivity index (χ4v) is 2.47. The van der Waals surface area contributed by atoms with Gasteiger partial charge in [-0.25, -0.2) is 0 Å². The lowest BCUT2D eigenvalue weighted by Crippen LogP contribution is -2.34.